The van der Waals surface area contributed by atoms with Crippen LogP contribution in [0.25, 0.3) is 0 Å². The van der Waals surface area contributed by atoms with Crippen LogP contribution in [0.3, 0.4) is 0 Å². The van der Waals surface area contributed by atoms with E-state index >= 15 is 0 Å². The van der Waals surface area contributed by atoms with Gasteiger partial charge >= 0.3 is 0 Å². The number of ether oxygens (including phenoxy) is 2. The third-order valence-electron chi connectivity index (χ3n) is 6.22. The first-order chi connectivity index (χ1) is 19.4. The van der Waals surface area contributed by atoms with Gasteiger partial charge in [0.05, 0.1) is 24.3 Å². The van der Waals surface area contributed by atoms with Gasteiger partial charge in [0.25, 0.3) is 10.0 Å². The van der Waals surface area contributed by atoms with Gasteiger partial charge in [-0.3, -0.25) is 13.9 Å². The highest BCUT2D eigenvalue weighted by Crippen LogP contribution is 2.33. The van der Waals surface area contributed by atoms with Crippen molar-refractivity contribution in [2.75, 3.05) is 24.6 Å². The van der Waals surface area contributed by atoms with E-state index in [9.17, 15) is 18.0 Å². The number of para-hydroxylation sites is 2. The van der Waals surface area contributed by atoms with Gasteiger partial charge in [0.15, 0.2) is 0 Å². The molecule has 0 aliphatic heterocycles. The zero-order valence-electron chi connectivity index (χ0n) is 24.5. The van der Waals surface area contributed by atoms with Crippen molar-refractivity contribution in [3.8, 4) is 11.5 Å². The molecule has 3 rings (SSSR count). The summed E-state index contributed by atoms with van der Waals surface area (Å²) in [6.45, 7) is 8.82. The molecule has 0 bridgehead atoms. The molecule has 9 nitrogen and oxygen atoms in total. The molecule has 10 heteroatoms. The lowest BCUT2D eigenvalue weighted by Gasteiger charge is -2.33. The minimum atomic E-state index is -4.19. The first-order valence-electron chi connectivity index (χ1n) is 13.4. The Morgan fingerprint density at radius 1 is 0.927 bits per heavy atom. The van der Waals surface area contributed by atoms with Gasteiger partial charge in [0.1, 0.15) is 24.1 Å². The number of methoxy groups -OCH3 is 1. The highest BCUT2D eigenvalue weighted by atomic mass is 32.2. The third-order valence-corrected chi connectivity index (χ3v) is 8.00. The molecule has 0 aliphatic rings. The van der Waals surface area contributed by atoms with E-state index in [1.54, 1.807) is 87.7 Å². The zero-order valence-corrected chi connectivity index (χ0v) is 25.3. The summed E-state index contributed by atoms with van der Waals surface area (Å²) in [5.41, 5.74) is 0.448. The Morgan fingerprint density at radius 3 is 2.12 bits per heavy atom. The summed E-state index contributed by atoms with van der Waals surface area (Å²) >= 11 is 0. The van der Waals surface area contributed by atoms with Gasteiger partial charge in [-0.2, -0.15) is 0 Å². The van der Waals surface area contributed by atoms with Gasteiger partial charge in [0, 0.05) is 12.1 Å². The first kappa shape index (κ1) is 31.5. The maximum absolute atomic E-state index is 14.1. The Morgan fingerprint density at radius 2 is 1.54 bits per heavy atom. The molecule has 0 heterocycles. The molecule has 1 unspecified atom stereocenters. The lowest BCUT2D eigenvalue weighted by atomic mass is 10.1. The van der Waals surface area contributed by atoms with Crippen LogP contribution < -0.4 is 19.1 Å². The van der Waals surface area contributed by atoms with Crippen LogP contribution in [0.15, 0.2) is 83.8 Å². The van der Waals surface area contributed by atoms with Gasteiger partial charge in [-0.25, -0.2) is 8.42 Å². The quantitative estimate of drug-likeness (QED) is 0.335. The topological polar surface area (TPSA) is 105 Å². The number of carbonyl (C=O) groups excluding carboxylic acids is 2. The number of amides is 2. The molecule has 0 aliphatic carbocycles. The van der Waals surface area contributed by atoms with Crippen LogP contribution in [0.1, 0.15) is 40.2 Å². The van der Waals surface area contributed by atoms with Crippen LogP contribution >= 0.6 is 0 Å². The van der Waals surface area contributed by atoms with Crippen molar-refractivity contribution in [3.63, 3.8) is 0 Å². The smallest absolute Gasteiger partial charge is 0.264 e. The Kier molecular flexibility index (Phi) is 10.4. The van der Waals surface area contributed by atoms with Crippen molar-refractivity contribution in [1.82, 2.24) is 10.2 Å². The molecule has 220 valence electrons. The fourth-order valence-corrected chi connectivity index (χ4v) is 5.60. The van der Waals surface area contributed by atoms with E-state index in [4.69, 9.17) is 9.47 Å². The number of hydrogen-bond acceptors (Lipinski definition) is 6. The normalized spacial score (nSPS) is 12.2. The van der Waals surface area contributed by atoms with E-state index in [0.717, 1.165) is 9.87 Å². The minimum Gasteiger partial charge on any atom is -0.497 e. The summed E-state index contributed by atoms with van der Waals surface area (Å²) in [4.78, 5) is 28.7. The van der Waals surface area contributed by atoms with Gasteiger partial charge < -0.3 is 19.7 Å². The summed E-state index contributed by atoms with van der Waals surface area (Å²) in [7, 11) is -2.63. The highest BCUT2D eigenvalue weighted by molar-refractivity contribution is 7.92. The molecule has 1 N–H and O–H groups in total. The van der Waals surface area contributed by atoms with E-state index in [1.807, 2.05) is 20.8 Å². The second-order valence-electron chi connectivity index (χ2n) is 10.5. The van der Waals surface area contributed by atoms with Crippen LogP contribution in [-0.2, 0) is 26.2 Å². The van der Waals surface area contributed by atoms with Crippen molar-refractivity contribution in [2.24, 2.45) is 0 Å². The molecular formula is C31H39N3O6S. The first-order valence-corrected chi connectivity index (χ1v) is 14.9. The average Bonchev–Trinajstić information content (AvgIpc) is 2.94. The molecule has 0 saturated carbocycles. The number of nitrogens with one attached hydrogen (secondary N) is 1. The molecule has 3 aromatic rings. The lowest BCUT2D eigenvalue weighted by Crippen LogP contribution is -2.54. The van der Waals surface area contributed by atoms with Crippen molar-refractivity contribution in [1.29, 1.82) is 0 Å². The minimum absolute atomic E-state index is 0.0272. The molecule has 0 aromatic heterocycles. The highest BCUT2D eigenvalue weighted by Gasteiger charge is 2.34. The third kappa shape index (κ3) is 8.23. The molecule has 0 spiro atoms. The zero-order chi connectivity index (χ0) is 30.2. The number of sulfonamides is 1. The maximum atomic E-state index is 14.1. The van der Waals surface area contributed by atoms with Crippen LogP contribution in [0.4, 0.5) is 5.69 Å². The number of benzene rings is 3. The Balaban J connectivity index is 2.07. The Bertz CT molecular complexity index is 1420. The number of carbonyl (C=O) groups is 2. The van der Waals surface area contributed by atoms with Gasteiger partial charge in [-0.15, -0.1) is 0 Å². The van der Waals surface area contributed by atoms with Crippen molar-refractivity contribution in [3.05, 3.63) is 84.4 Å². The molecule has 0 fully saturated rings. The average molecular weight is 582 g/mol. The van der Waals surface area contributed by atoms with Gasteiger partial charge in [-0.1, -0.05) is 42.5 Å². The van der Waals surface area contributed by atoms with Gasteiger partial charge in [0.2, 0.25) is 11.8 Å². The molecule has 41 heavy (non-hydrogen) atoms. The Labute approximate surface area is 243 Å². The Hall–Kier alpha value is -4.05. The lowest BCUT2D eigenvalue weighted by molar-refractivity contribution is -0.140. The molecule has 2 amide bonds. The van der Waals surface area contributed by atoms with Crippen LogP contribution in [0.2, 0.25) is 0 Å². The SMILES string of the molecule is CCOc1ccccc1N(CC(=O)N(Cc1ccc(OC)cc1)C(C)C(=O)NC(C)(C)C)S(=O)(=O)c1ccccc1. The summed E-state index contributed by atoms with van der Waals surface area (Å²) < 4.78 is 40.0. The van der Waals surface area contributed by atoms with E-state index in [2.05, 4.69) is 5.32 Å². The van der Waals surface area contributed by atoms with E-state index in [1.165, 1.54) is 17.0 Å². The van der Waals surface area contributed by atoms with E-state index < -0.39 is 34.1 Å². The van der Waals surface area contributed by atoms with Crippen LogP contribution in [0, 0.1) is 0 Å². The van der Waals surface area contributed by atoms with Gasteiger partial charge in [-0.05, 0) is 76.6 Å². The van der Waals surface area contributed by atoms with Crippen LogP contribution in [-0.4, -0.2) is 57.0 Å². The fourth-order valence-electron chi connectivity index (χ4n) is 4.16. The molecule has 1 atom stereocenters. The van der Waals surface area contributed by atoms with Crippen molar-refractivity contribution >= 4 is 27.5 Å². The molecule has 3 aromatic carbocycles. The predicted molar refractivity (Wildman–Crippen MR) is 159 cm³/mol. The molecule has 0 radical (unpaired) electrons. The summed E-state index contributed by atoms with van der Waals surface area (Å²) in [5, 5.41) is 2.92. The largest absolute Gasteiger partial charge is 0.497 e. The summed E-state index contributed by atoms with van der Waals surface area (Å²) in [5.74, 6) is 0.0649. The molecular weight excluding hydrogens is 542 g/mol. The van der Waals surface area contributed by atoms with E-state index in [0.29, 0.717) is 18.1 Å². The number of hydrogen-bond donors (Lipinski definition) is 1. The summed E-state index contributed by atoms with van der Waals surface area (Å²) in [6.07, 6.45) is 0. The number of anilines is 1. The van der Waals surface area contributed by atoms with Crippen LogP contribution in [0.5, 0.6) is 11.5 Å². The molecule has 0 saturated heterocycles. The number of nitrogens with zero attached hydrogens (tertiary/aromatic N) is 2. The summed E-state index contributed by atoms with van der Waals surface area (Å²) in [6, 6.07) is 20.8. The second-order valence-corrected chi connectivity index (χ2v) is 12.4. The van der Waals surface area contributed by atoms with E-state index in [-0.39, 0.29) is 23.0 Å². The number of rotatable bonds is 12. The van der Waals surface area contributed by atoms with Crippen molar-refractivity contribution < 1.29 is 27.5 Å². The fraction of sp³-hybridized carbons (Fsp3) is 0.355. The second kappa shape index (κ2) is 13.5. The predicted octanol–water partition coefficient (Wildman–Crippen LogP) is 4.62. The standard InChI is InChI=1S/C31H39N3O6S/c1-7-40-28-16-12-11-15-27(28)34(41(37,38)26-13-9-8-10-14-26)22-29(35)33(23(2)30(36)32-31(3,4)5)21-24-17-19-25(39-6)20-18-24/h8-20,23H,7,21-22H2,1-6H3,(H,32,36). The van der Waals surface area contributed by atoms with Crippen molar-refractivity contribution in [2.45, 2.75) is 57.6 Å². The maximum Gasteiger partial charge on any atom is 0.264 e. The monoisotopic (exact) mass is 581 g/mol.